The van der Waals surface area contributed by atoms with Crippen LogP contribution in [0.5, 0.6) is 0 Å². The summed E-state index contributed by atoms with van der Waals surface area (Å²) in [5.74, 6) is 2.50. The second-order valence-corrected chi connectivity index (χ2v) is 10.8. The summed E-state index contributed by atoms with van der Waals surface area (Å²) in [5.41, 5.74) is 1.33. The molecule has 0 aromatic heterocycles. The Morgan fingerprint density at radius 2 is 1.93 bits per heavy atom. The van der Waals surface area contributed by atoms with Crippen LogP contribution < -0.4 is 0 Å². The third kappa shape index (κ3) is 3.21. The van der Waals surface area contributed by atoms with Crippen LogP contribution in [0.1, 0.15) is 78.6 Å². The van der Waals surface area contributed by atoms with Crippen molar-refractivity contribution < 1.29 is 19.1 Å². The molecule has 0 N–H and O–H groups in total. The molecule has 0 aromatic carbocycles. The monoisotopic (exact) mass is 400 g/mol. The molecule has 4 heteroatoms. The molecule has 29 heavy (non-hydrogen) atoms. The summed E-state index contributed by atoms with van der Waals surface area (Å²) in [5, 5.41) is 0. The minimum Gasteiger partial charge on any atom is -0.469 e. The van der Waals surface area contributed by atoms with E-state index in [0.29, 0.717) is 48.7 Å². The summed E-state index contributed by atoms with van der Waals surface area (Å²) in [7, 11) is 1.46. The average Bonchev–Trinajstić information content (AvgIpc) is 3.04. The van der Waals surface area contributed by atoms with E-state index in [0.717, 1.165) is 44.1 Å². The highest BCUT2D eigenvalue weighted by atomic mass is 16.5. The molecule has 3 fully saturated rings. The van der Waals surface area contributed by atoms with Gasteiger partial charge in [-0.1, -0.05) is 26.3 Å². The summed E-state index contributed by atoms with van der Waals surface area (Å²) in [6.07, 6.45) is 9.73. The van der Waals surface area contributed by atoms with Crippen LogP contribution in [0.25, 0.3) is 0 Å². The van der Waals surface area contributed by atoms with Gasteiger partial charge in [0.25, 0.3) is 0 Å². The van der Waals surface area contributed by atoms with Crippen LogP contribution in [0.4, 0.5) is 0 Å². The lowest BCUT2D eigenvalue weighted by molar-refractivity contribution is -0.141. The molecule has 0 bridgehead atoms. The number of Topliss-reactive ketones (excluding diaryl/α,β-unsaturated/α-hetero) is 1. The lowest BCUT2D eigenvalue weighted by Crippen LogP contribution is -2.54. The SMILES string of the molecule is COC(=O)CC[C@@H](C)[C@H]1CC[C@H]2[C@@H]3C(=O)CC4=CC(=O)CC[C@]4(C)[C@H]3CC[C@]12C. The number of ether oxygens (including phenoxy) is 1. The van der Waals surface area contributed by atoms with Gasteiger partial charge in [0, 0.05) is 25.2 Å². The second-order valence-electron chi connectivity index (χ2n) is 10.8. The number of rotatable bonds is 4. The Morgan fingerprint density at radius 3 is 2.66 bits per heavy atom. The first-order valence-electron chi connectivity index (χ1n) is 11.5. The summed E-state index contributed by atoms with van der Waals surface area (Å²) >= 11 is 0. The van der Waals surface area contributed by atoms with Gasteiger partial charge in [-0.25, -0.2) is 0 Å². The first kappa shape index (κ1) is 20.8. The zero-order valence-electron chi connectivity index (χ0n) is 18.5. The highest BCUT2D eigenvalue weighted by molar-refractivity contribution is 5.95. The first-order valence-corrected chi connectivity index (χ1v) is 11.5. The van der Waals surface area contributed by atoms with Crippen molar-refractivity contribution in [1.29, 1.82) is 0 Å². The molecule has 0 heterocycles. The predicted molar refractivity (Wildman–Crippen MR) is 111 cm³/mol. The zero-order chi connectivity index (χ0) is 21.0. The minimum atomic E-state index is -0.123. The van der Waals surface area contributed by atoms with Gasteiger partial charge in [0.05, 0.1) is 7.11 Å². The Kier molecular flexibility index (Phi) is 5.28. The van der Waals surface area contributed by atoms with Crippen molar-refractivity contribution in [2.45, 2.75) is 78.6 Å². The fourth-order valence-electron chi connectivity index (χ4n) is 7.88. The van der Waals surface area contributed by atoms with E-state index in [1.807, 2.05) is 0 Å². The van der Waals surface area contributed by atoms with Crippen molar-refractivity contribution in [3.8, 4) is 0 Å². The smallest absolute Gasteiger partial charge is 0.305 e. The van der Waals surface area contributed by atoms with Crippen LogP contribution in [0.2, 0.25) is 0 Å². The quantitative estimate of drug-likeness (QED) is 0.630. The topological polar surface area (TPSA) is 60.4 Å². The number of hydrogen-bond donors (Lipinski definition) is 0. The number of fused-ring (bicyclic) bond motifs is 5. The Bertz CT molecular complexity index is 752. The number of esters is 1. The molecule has 0 spiro atoms. The minimum absolute atomic E-state index is 0.0302. The second kappa shape index (κ2) is 7.35. The molecule has 4 rings (SSSR count). The maximum atomic E-state index is 13.3. The molecule has 4 aliphatic carbocycles. The molecular formula is C25H36O4. The molecule has 0 unspecified atom stereocenters. The van der Waals surface area contributed by atoms with Crippen LogP contribution in [-0.4, -0.2) is 24.6 Å². The molecule has 0 aromatic rings. The molecule has 4 nitrogen and oxygen atoms in total. The Labute approximate surface area is 174 Å². The van der Waals surface area contributed by atoms with Gasteiger partial charge in [0.1, 0.15) is 5.78 Å². The van der Waals surface area contributed by atoms with Crippen molar-refractivity contribution >= 4 is 17.5 Å². The normalized spacial score (nSPS) is 42.4. The molecule has 4 aliphatic rings. The lowest BCUT2D eigenvalue weighted by atomic mass is 9.46. The van der Waals surface area contributed by atoms with E-state index in [2.05, 4.69) is 20.8 Å². The number of ketones is 2. The lowest BCUT2D eigenvalue weighted by Gasteiger charge is -2.57. The molecular weight excluding hydrogens is 364 g/mol. The number of allylic oxidation sites excluding steroid dienone is 1. The molecule has 3 saturated carbocycles. The van der Waals surface area contributed by atoms with Gasteiger partial charge < -0.3 is 4.74 Å². The maximum Gasteiger partial charge on any atom is 0.305 e. The first-order chi connectivity index (χ1) is 13.7. The Hall–Kier alpha value is -1.45. The van der Waals surface area contributed by atoms with Crippen molar-refractivity contribution in [2.24, 2.45) is 40.4 Å². The van der Waals surface area contributed by atoms with Crippen LogP contribution in [0.3, 0.4) is 0 Å². The van der Waals surface area contributed by atoms with Gasteiger partial charge in [0.15, 0.2) is 5.78 Å². The molecule has 0 amide bonds. The highest BCUT2D eigenvalue weighted by Crippen LogP contribution is 2.66. The van der Waals surface area contributed by atoms with E-state index in [-0.39, 0.29) is 28.5 Å². The van der Waals surface area contributed by atoms with Crippen molar-refractivity contribution in [3.05, 3.63) is 11.6 Å². The van der Waals surface area contributed by atoms with Crippen LogP contribution >= 0.6 is 0 Å². The van der Waals surface area contributed by atoms with Crippen molar-refractivity contribution in [1.82, 2.24) is 0 Å². The number of methoxy groups -OCH3 is 1. The molecule has 0 radical (unpaired) electrons. The van der Waals surface area contributed by atoms with Crippen molar-refractivity contribution in [3.63, 3.8) is 0 Å². The highest BCUT2D eigenvalue weighted by Gasteiger charge is 2.61. The largest absolute Gasteiger partial charge is 0.469 e. The number of carbonyl (C=O) groups excluding carboxylic acids is 3. The van der Waals surface area contributed by atoms with E-state index in [1.54, 1.807) is 6.08 Å². The van der Waals surface area contributed by atoms with E-state index in [9.17, 15) is 14.4 Å². The third-order valence-corrected chi connectivity index (χ3v) is 9.58. The standard InChI is InChI=1S/C25H36O4/c1-15(5-8-22(28)29-4)18-6-7-19-23-20(10-12-25(18,19)3)24(2)11-9-17(26)13-16(24)14-21(23)27/h13,15,18-20,23H,5-12,14H2,1-4H3/t15-,18-,19+,20+,23+,24+,25-/m1/s1. The average molecular weight is 401 g/mol. The van der Waals surface area contributed by atoms with Crippen LogP contribution in [0.15, 0.2) is 11.6 Å². The summed E-state index contributed by atoms with van der Waals surface area (Å²) in [6.45, 7) is 7.03. The van der Waals surface area contributed by atoms with Crippen LogP contribution in [0, 0.1) is 40.4 Å². The number of hydrogen-bond acceptors (Lipinski definition) is 4. The van der Waals surface area contributed by atoms with Gasteiger partial charge in [-0.2, -0.15) is 0 Å². The fraction of sp³-hybridized carbons (Fsp3) is 0.800. The van der Waals surface area contributed by atoms with E-state index in [4.69, 9.17) is 4.74 Å². The summed E-state index contributed by atoms with van der Waals surface area (Å²) < 4.78 is 4.84. The fourth-order valence-corrected chi connectivity index (χ4v) is 7.88. The van der Waals surface area contributed by atoms with Gasteiger partial charge >= 0.3 is 5.97 Å². The Morgan fingerprint density at radius 1 is 1.17 bits per heavy atom. The summed E-state index contributed by atoms with van der Waals surface area (Å²) in [6, 6.07) is 0. The van der Waals surface area contributed by atoms with Crippen LogP contribution in [-0.2, 0) is 19.1 Å². The van der Waals surface area contributed by atoms with Gasteiger partial charge in [0.2, 0.25) is 0 Å². The molecule has 7 atom stereocenters. The van der Waals surface area contributed by atoms with Gasteiger partial charge in [-0.05, 0) is 79.1 Å². The maximum absolute atomic E-state index is 13.3. The van der Waals surface area contributed by atoms with Crippen molar-refractivity contribution in [2.75, 3.05) is 7.11 Å². The summed E-state index contributed by atoms with van der Waals surface area (Å²) in [4.78, 5) is 36.9. The molecule has 0 aliphatic heterocycles. The van der Waals surface area contributed by atoms with Gasteiger partial charge in [-0.3, -0.25) is 14.4 Å². The zero-order valence-corrected chi connectivity index (χ0v) is 18.5. The van der Waals surface area contributed by atoms with E-state index < -0.39 is 0 Å². The van der Waals surface area contributed by atoms with E-state index >= 15 is 0 Å². The predicted octanol–water partition coefficient (Wildman–Crippen LogP) is 4.90. The van der Waals surface area contributed by atoms with Gasteiger partial charge in [-0.15, -0.1) is 0 Å². The Balaban J connectivity index is 1.57. The van der Waals surface area contributed by atoms with E-state index in [1.165, 1.54) is 7.11 Å². The molecule has 0 saturated heterocycles. The number of carbonyl (C=O) groups is 3. The molecule has 160 valence electrons. The third-order valence-electron chi connectivity index (χ3n) is 9.58.